The number of quaternary nitrogens is 1. The van der Waals surface area contributed by atoms with Crippen LogP contribution >= 0.6 is 0 Å². The van der Waals surface area contributed by atoms with Gasteiger partial charge >= 0.3 is 11.7 Å². The summed E-state index contributed by atoms with van der Waals surface area (Å²) >= 11 is 0. The summed E-state index contributed by atoms with van der Waals surface area (Å²) in [4.78, 5) is 47.1. The number of aliphatic hydroxyl groups excluding tert-OH is 2. The van der Waals surface area contributed by atoms with E-state index in [1.54, 1.807) is 11.6 Å². The third kappa shape index (κ3) is 5.87. The number of carbonyl (C=O) groups is 1. The normalized spacial score (nSPS) is 14.8. The molecule has 0 radical (unpaired) electrons. The standard InChI is InChI=1S/C26H36N6O9/c1-28-20-22(27-25(28)31-8-6-30(7-9-31)14-17(34)15-33)29(2)26(37)32(23(20)35)10-11-41-24(36)16-12-18(38-3)21(40-5)19(13-16)39-4/h12-13,17,33-34H,6-11,14-15H2,1-5H3/p+1/t17-/m0/s1. The summed E-state index contributed by atoms with van der Waals surface area (Å²) in [5.41, 5.74) is -0.455. The third-order valence-electron chi connectivity index (χ3n) is 7.27. The van der Waals surface area contributed by atoms with Crippen molar-refractivity contribution in [1.82, 2.24) is 18.7 Å². The van der Waals surface area contributed by atoms with Gasteiger partial charge in [-0.3, -0.25) is 13.9 Å². The van der Waals surface area contributed by atoms with Gasteiger partial charge < -0.3 is 43.5 Å². The zero-order valence-electron chi connectivity index (χ0n) is 23.9. The fourth-order valence-corrected chi connectivity index (χ4v) is 5.05. The molecule has 1 aliphatic rings. The first-order chi connectivity index (χ1) is 19.6. The van der Waals surface area contributed by atoms with Gasteiger partial charge in [-0.15, -0.1) is 0 Å². The Morgan fingerprint density at radius 3 is 2.24 bits per heavy atom. The predicted molar refractivity (Wildman–Crippen MR) is 147 cm³/mol. The smallest absolute Gasteiger partial charge is 0.338 e. The highest BCUT2D eigenvalue weighted by molar-refractivity contribution is 5.91. The Labute approximate surface area is 235 Å². The lowest BCUT2D eigenvalue weighted by Crippen LogP contribution is -3.16. The van der Waals surface area contributed by atoms with Gasteiger partial charge in [0.1, 0.15) is 19.3 Å². The molecule has 1 aliphatic heterocycles. The van der Waals surface area contributed by atoms with E-state index in [0.717, 1.165) is 22.6 Å². The first-order valence-electron chi connectivity index (χ1n) is 13.2. The summed E-state index contributed by atoms with van der Waals surface area (Å²) in [6.07, 6.45) is -0.763. The maximum Gasteiger partial charge on any atom is 0.338 e. The number of hydrogen-bond acceptors (Lipinski definition) is 11. The molecule has 3 aromatic rings. The Kier molecular flexibility index (Phi) is 9.20. The number of fused-ring (bicyclic) bond motifs is 1. The van der Waals surface area contributed by atoms with Gasteiger partial charge in [-0.25, -0.2) is 9.59 Å². The number of nitrogens with zero attached hydrogens (tertiary/aromatic N) is 5. The van der Waals surface area contributed by atoms with E-state index in [9.17, 15) is 19.5 Å². The van der Waals surface area contributed by atoms with Crippen molar-refractivity contribution in [3.8, 4) is 17.2 Å². The van der Waals surface area contributed by atoms with Crippen LogP contribution in [-0.2, 0) is 25.4 Å². The lowest BCUT2D eigenvalue weighted by Gasteiger charge is -2.33. The van der Waals surface area contributed by atoms with Crippen LogP contribution in [0.2, 0.25) is 0 Å². The minimum absolute atomic E-state index is 0.152. The van der Waals surface area contributed by atoms with E-state index >= 15 is 0 Å². The number of hydrogen-bond donors (Lipinski definition) is 3. The highest BCUT2D eigenvalue weighted by Crippen LogP contribution is 2.38. The van der Waals surface area contributed by atoms with Crippen LogP contribution in [0.25, 0.3) is 11.2 Å². The van der Waals surface area contributed by atoms with Crippen molar-refractivity contribution in [1.29, 1.82) is 0 Å². The predicted octanol–water partition coefficient (Wildman–Crippen LogP) is -2.63. The van der Waals surface area contributed by atoms with E-state index in [2.05, 4.69) is 4.98 Å². The van der Waals surface area contributed by atoms with E-state index in [1.165, 1.54) is 45.1 Å². The van der Waals surface area contributed by atoms with Crippen LogP contribution in [0.15, 0.2) is 21.7 Å². The van der Waals surface area contributed by atoms with Gasteiger partial charge in [0, 0.05) is 14.1 Å². The van der Waals surface area contributed by atoms with Gasteiger partial charge in [0.05, 0.1) is 66.2 Å². The lowest BCUT2D eigenvalue weighted by molar-refractivity contribution is -0.903. The van der Waals surface area contributed by atoms with Crippen molar-refractivity contribution in [3.63, 3.8) is 0 Å². The number of esters is 1. The van der Waals surface area contributed by atoms with Crippen molar-refractivity contribution in [2.75, 3.05) is 72.2 Å². The summed E-state index contributed by atoms with van der Waals surface area (Å²) in [5, 5.41) is 18.9. The van der Waals surface area contributed by atoms with Crippen LogP contribution in [-0.4, -0.2) is 108 Å². The Balaban J connectivity index is 1.52. The zero-order valence-corrected chi connectivity index (χ0v) is 23.9. The summed E-state index contributed by atoms with van der Waals surface area (Å²) in [7, 11) is 7.57. The molecule has 1 atom stereocenters. The van der Waals surface area contributed by atoms with Crippen molar-refractivity contribution in [3.05, 3.63) is 38.5 Å². The number of benzene rings is 1. The number of aryl methyl sites for hydroxylation is 2. The summed E-state index contributed by atoms with van der Waals surface area (Å²) in [5.74, 6) is 0.763. The maximum atomic E-state index is 13.4. The minimum atomic E-state index is -0.763. The van der Waals surface area contributed by atoms with Gasteiger partial charge in [0.2, 0.25) is 11.7 Å². The number of carbonyl (C=O) groups excluding carboxylic acids is 1. The molecule has 0 bridgehead atoms. The highest BCUT2D eigenvalue weighted by Gasteiger charge is 2.27. The number of imidazole rings is 1. The van der Waals surface area contributed by atoms with Crippen LogP contribution in [0.1, 0.15) is 10.4 Å². The van der Waals surface area contributed by atoms with Gasteiger partial charge in [-0.05, 0) is 12.1 Å². The van der Waals surface area contributed by atoms with Gasteiger partial charge in [-0.2, -0.15) is 4.98 Å². The molecular weight excluding hydrogens is 540 g/mol. The van der Waals surface area contributed by atoms with Gasteiger partial charge in [0.15, 0.2) is 22.7 Å². The van der Waals surface area contributed by atoms with E-state index in [0.29, 0.717) is 31.3 Å². The molecule has 3 N–H and O–H groups in total. The molecule has 0 unspecified atom stereocenters. The van der Waals surface area contributed by atoms with Crippen LogP contribution in [0.5, 0.6) is 17.2 Å². The monoisotopic (exact) mass is 577 g/mol. The molecule has 15 heteroatoms. The topological polar surface area (TPSA) is 164 Å². The van der Waals surface area contributed by atoms with E-state index < -0.39 is 23.3 Å². The number of rotatable bonds is 11. The molecular formula is C26H37N6O9+. The first-order valence-corrected chi connectivity index (χ1v) is 13.2. The Hall–Kier alpha value is -4.08. The summed E-state index contributed by atoms with van der Waals surface area (Å²) < 4.78 is 25.2. The van der Waals surface area contributed by atoms with Crippen LogP contribution < -0.4 is 35.3 Å². The molecule has 1 aromatic carbocycles. The van der Waals surface area contributed by atoms with Crippen LogP contribution in [0.3, 0.4) is 0 Å². The van der Waals surface area contributed by atoms with Crippen molar-refractivity contribution in [2.45, 2.75) is 12.6 Å². The molecule has 0 amide bonds. The maximum absolute atomic E-state index is 13.4. The molecule has 2 aromatic heterocycles. The Morgan fingerprint density at radius 1 is 1.05 bits per heavy atom. The quantitative estimate of drug-likeness (QED) is 0.204. The van der Waals surface area contributed by atoms with Crippen LogP contribution in [0.4, 0.5) is 5.95 Å². The average Bonchev–Trinajstić information content (AvgIpc) is 3.34. The molecule has 0 aliphatic carbocycles. The van der Waals surface area contributed by atoms with Crippen molar-refractivity contribution < 1.29 is 38.9 Å². The van der Waals surface area contributed by atoms with Crippen LogP contribution in [0, 0.1) is 0 Å². The number of ether oxygens (including phenoxy) is 4. The highest BCUT2D eigenvalue weighted by atomic mass is 16.5. The fourth-order valence-electron chi connectivity index (χ4n) is 5.05. The summed E-state index contributed by atoms with van der Waals surface area (Å²) in [6.45, 7) is 2.49. The first kappa shape index (κ1) is 29.9. The SMILES string of the molecule is COc1cc(C(=O)OCCn2c(=O)c3c(nc(N4CC[NH+](C[C@H](O)CO)CC4)n3C)n(C)c2=O)cc(OC)c1OC. The average molecular weight is 578 g/mol. The number of aromatic nitrogens is 4. The fraction of sp³-hybridized carbons (Fsp3) is 0.538. The molecule has 4 rings (SSSR count). The van der Waals surface area contributed by atoms with E-state index in [-0.39, 0.29) is 48.0 Å². The Morgan fingerprint density at radius 2 is 1.68 bits per heavy atom. The molecule has 3 heterocycles. The summed E-state index contributed by atoms with van der Waals surface area (Å²) in [6, 6.07) is 2.91. The van der Waals surface area contributed by atoms with Gasteiger partial charge in [-0.1, -0.05) is 0 Å². The molecule has 1 saturated heterocycles. The Bertz CT molecular complexity index is 1500. The number of piperazine rings is 1. The molecule has 1 fully saturated rings. The second-order valence-electron chi connectivity index (χ2n) is 9.77. The lowest BCUT2D eigenvalue weighted by atomic mass is 10.2. The minimum Gasteiger partial charge on any atom is -0.493 e. The molecule has 41 heavy (non-hydrogen) atoms. The number of anilines is 1. The van der Waals surface area contributed by atoms with Crippen molar-refractivity contribution in [2.24, 2.45) is 14.1 Å². The van der Waals surface area contributed by atoms with Crippen molar-refractivity contribution >= 4 is 23.1 Å². The number of methoxy groups -OCH3 is 3. The number of aliphatic hydroxyl groups is 2. The molecule has 224 valence electrons. The largest absolute Gasteiger partial charge is 0.493 e. The second kappa shape index (κ2) is 12.6. The van der Waals surface area contributed by atoms with E-state index in [1.807, 2.05) is 4.90 Å². The second-order valence-corrected chi connectivity index (χ2v) is 9.77. The molecule has 0 spiro atoms. The number of nitrogens with one attached hydrogen (secondary N) is 1. The molecule has 15 nitrogen and oxygen atoms in total. The molecule has 0 saturated carbocycles. The zero-order chi connectivity index (χ0) is 29.8. The van der Waals surface area contributed by atoms with Gasteiger partial charge in [0.25, 0.3) is 5.56 Å². The van der Waals surface area contributed by atoms with E-state index in [4.69, 9.17) is 24.1 Å². The third-order valence-corrected chi connectivity index (χ3v) is 7.27.